The third-order valence-electron chi connectivity index (χ3n) is 4.15. The fourth-order valence-corrected chi connectivity index (χ4v) is 3.85. The molecule has 0 aliphatic carbocycles. The Hall–Kier alpha value is -1.11. The summed E-state index contributed by atoms with van der Waals surface area (Å²) in [4.78, 5) is 14.4. The second kappa shape index (κ2) is 9.39. The molecule has 2 heterocycles. The zero-order valence-electron chi connectivity index (χ0n) is 13.9. The number of hydrogen-bond acceptors (Lipinski definition) is 5. The Bertz CT molecular complexity index is 540. The first-order valence-electron chi connectivity index (χ1n) is 8.23. The standard InChI is InChI=1S/C17H24N2O3S.ClH/c1-2-19(17(20)9-13-12-23-8-7-18-13)10-14-11-21-15-5-3-4-6-16(15)22-14;/h3-6,13-14,18H,2,7-12H2,1H3;1H. The zero-order chi connectivity index (χ0) is 16.1. The van der Waals surface area contributed by atoms with Crippen LogP contribution in [-0.2, 0) is 4.79 Å². The summed E-state index contributed by atoms with van der Waals surface area (Å²) in [6.07, 6.45) is 0.452. The average Bonchev–Trinajstić information content (AvgIpc) is 2.60. The number of halogens is 1. The molecule has 1 fully saturated rings. The lowest BCUT2D eigenvalue weighted by Gasteiger charge is -2.32. The van der Waals surface area contributed by atoms with E-state index in [-0.39, 0.29) is 24.4 Å². The Kier molecular flexibility index (Phi) is 7.52. The number of amides is 1. The molecular formula is C17H25ClN2O3S. The van der Waals surface area contributed by atoms with E-state index in [4.69, 9.17) is 9.47 Å². The summed E-state index contributed by atoms with van der Waals surface area (Å²) < 4.78 is 11.7. The van der Waals surface area contributed by atoms with Gasteiger partial charge in [0.15, 0.2) is 17.6 Å². The van der Waals surface area contributed by atoms with Crippen molar-refractivity contribution in [2.24, 2.45) is 0 Å². The molecule has 2 aliphatic rings. The number of ether oxygens (including phenoxy) is 2. The summed E-state index contributed by atoms with van der Waals surface area (Å²) in [5, 5.41) is 3.42. The minimum Gasteiger partial charge on any atom is -0.486 e. The van der Waals surface area contributed by atoms with Gasteiger partial charge in [-0.1, -0.05) is 12.1 Å². The van der Waals surface area contributed by atoms with Gasteiger partial charge >= 0.3 is 0 Å². The monoisotopic (exact) mass is 372 g/mol. The number of carbonyl (C=O) groups is 1. The molecule has 2 atom stereocenters. The number of fused-ring (bicyclic) bond motifs is 1. The van der Waals surface area contributed by atoms with Gasteiger partial charge in [0.25, 0.3) is 0 Å². The van der Waals surface area contributed by atoms with Crippen LogP contribution in [0.25, 0.3) is 0 Å². The van der Waals surface area contributed by atoms with Crippen molar-refractivity contribution in [2.75, 3.05) is 37.7 Å². The molecule has 1 saturated heterocycles. The largest absolute Gasteiger partial charge is 0.486 e. The van der Waals surface area contributed by atoms with E-state index in [2.05, 4.69) is 5.32 Å². The van der Waals surface area contributed by atoms with E-state index in [0.717, 1.165) is 29.5 Å². The van der Waals surface area contributed by atoms with E-state index >= 15 is 0 Å². The van der Waals surface area contributed by atoms with Gasteiger partial charge in [-0.25, -0.2) is 0 Å². The van der Waals surface area contributed by atoms with Crippen LogP contribution in [0, 0.1) is 0 Å². The van der Waals surface area contributed by atoms with Gasteiger partial charge in [-0.2, -0.15) is 11.8 Å². The van der Waals surface area contributed by atoms with E-state index in [1.807, 2.05) is 47.9 Å². The molecule has 1 aromatic rings. The van der Waals surface area contributed by atoms with Gasteiger partial charge in [0, 0.05) is 37.1 Å². The molecule has 2 aliphatic heterocycles. The number of rotatable bonds is 5. The zero-order valence-corrected chi connectivity index (χ0v) is 15.5. The normalized spacial score (nSPS) is 22.4. The first kappa shape index (κ1) is 19.2. The fraction of sp³-hybridized carbons (Fsp3) is 0.588. The second-order valence-corrected chi connectivity index (χ2v) is 7.01. The number of nitrogens with zero attached hydrogens (tertiary/aromatic N) is 1. The van der Waals surface area contributed by atoms with E-state index in [1.165, 1.54) is 0 Å². The maximum atomic E-state index is 12.5. The quantitative estimate of drug-likeness (QED) is 0.858. The molecule has 5 nitrogen and oxygen atoms in total. The molecule has 0 radical (unpaired) electrons. The number of likely N-dealkylation sites (N-methyl/N-ethyl adjacent to an activating group) is 1. The summed E-state index contributed by atoms with van der Waals surface area (Å²) >= 11 is 1.91. The average molecular weight is 373 g/mol. The number of benzene rings is 1. The van der Waals surface area contributed by atoms with E-state index < -0.39 is 0 Å². The number of carbonyl (C=O) groups excluding carboxylic acids is 1. The Morgan fingerprint density at radius 3 is 2.88 bits per heavy atom. The third kappa shape index (κ3) is 4.94. The molecule has 1 amide bonds. The topological polar surface area (TPSA) is 50.8 Å². The van der Waals surface area contributed by atoms with Gasteiger partial charge in [0.05, 0.1) is 6.54 Å². The lowest BCUT2D eigenvalue weighted by atomic mass is 10.2. The highest BCUT2D eigenvalue weighted by molar-refractivity contribution is 7.99. The predicted molar refractivity (Wildman–Crippen MR) is 99.6 cm³/mol. The number of thioether (sulfide) groups is 1. The molecule has 0 spiro atoms. The molecule has 1 N–H and O–H groups in total. The van der Waals surface area contributed by atoms with E-state index in [1.54, 1.807) is 0 Å². The molecule has 0 aromatic heterocycles. The highest BCUT2D eigenvalue weighted by atomic mass is 35.5. The summed E-state index contributed by atoms with van der Waals surface area (Å²) in [6.45, 7) is 4.76. The van der Waals surface area contributed by atoms with Crippen LogP contribution in [0.4, 0.5) is 0 Å². The molecule has 3 rings (SSSR count). The van der Waals surface area contributed by atoms with Gasteiger partial charge < -0.3 is 19.7 Å². The Labute approximate surface area is 153 Å². The SMILES string of the molecule is CCN(CC1COc2ccccc2O1)C(=O)CC1CSCCN1.Cl. The predicted octanol–water partition coefficient (Wildman–Crippen LogP) is 2.19. The lowest BCUT2D eigenvalue weighted by molar-refractivity contribution is -0.133. The molecule has 1 aromatic carbocycles. The molecule has 134 valence electrons. The summed E-state index contributed by atoms with van der Waals surface area (Å²) in [5.41, 5.74) is 0. The van der Waals surface area contributed by atoms with Gasteiger partial charge in [0.1, 0.15) is 6.61 Å². The molecule has 7 heteroatoms. The van der Waals surface area contributed by atoms with Gasteiger partial charge in [-0.05, 0) is 19.1 Å². The van der Waals surface area contributed by atoms with Crippen LogP contribution in [0.2, 0.25) is 0 Å². The van der Waals surface area contributed by atoms with Crippen LogP contribution in [-0.4, -0.2) is 60.7 Å². The maximum absolute atomic E-state index is 12.5. The number of hydrogen-bond donors (Lipinski definition) is 1. The fourth-order valence-electron chi connectivity index (χ4n) is 2.90. The second-order valence-electron chi connectivity index (χ2n) is 5.86. The van der Waals surface area contributed by atoms with Crippen LogP contribution in [0.5, 0.6) is 11.5 Å². The smallest absolute Gasteiger partial charge is 0.224 e. The third-order valence-corrected chi connectivity index (χ3v) is 5.28. The summed E-state index contributed by atoms with van der Waals surface area (Å²) in [5.74, 6) is 3.88. The Morgan fingerprint density at radius 1 is 1.38 bits per heavy atom. The van der Waals surface area contributed by atoms with Crippen LogP contribution in [0.1, 0.15) is 13.3 Å². The molecule has 0 saturated carbocycles. The van der Waals surface area contributed by atoms with Crippen LogP contribution in [0.3, 0.4) is 0 Å². The van der Waals surface area contributed by atoms with Gasteiger partial charge in [0.2, 0.25) is 5.91 Å². The summed E-state index contributed by atoms with van der Waals surface area (Å²) in [6, 6.07) is 7.96. The van der Waals surface area contributed by atoms with Gasteiger partial charge in [-0.15, -0.1) is 12.4 Å². The molecule has 24 heavy (non-hydrogen) atoms. The van der Waals surface area contributed by atoms with E-state index in [9.17, 15) is 4.79 Å². The van der Waals surface area contributed by atoms with E-state index in [0.29, 0.717) is 32.2 Å². The van der Waals surface area contributed by atoms with Crippen molar-refractivity contribution < 1.29 is 14.3 Å². The van der Waals surface area contributed by atoms with Crippen molar-refractivity contribution >= 4 is 30.1 Å². The van der Waals surface area contributed by atoms with Crippen molar-refractivity contribution in [1.29, 1.82) is 0 Å². The molecule has 2 unspecified atom stereocenters. The first-order chi connectivity index (χ1) is 11.3. The molecule has 0 bridgehead atoms. The highest BCUT2D eigenvalue weighted by Gasteiger charge is 2.26. The van der Waals surface area contributed by atoms with Crippen molar-refractivity contribution in [3.05, 3.63) is 24.3 Å². The molecular weight excluding hydrogens is 348 g/mol. The van der Waals surface area contributed by atoms with Crippen molar-refractivity contribution in [1.82, 2.24) is 10.2 Å². The van der Waals surface area contributed by atoms with Crippen LogP contribution < -0.4 is 14.8 Å². The number of para-hydroxylation sites is 2. The number of nitrogens with one attached hydrogen (secondary N) is 1. The van der Waals surface area contributed by atoms with Crippen molar-refractivity contribution in [3.63, 3.8) is 0 Å². The highest BCUT2D eigenvalue weighted by Crippen LogP contribution is 2.31. The lowest BCUT2D eigenvalue weighted by Crippen LogP contribution is -2.46. The first-order valence-corrected chi connectivity index (χ1v) is 9.39. The Morgan fingerprint density at radius 2 is 2.17 bits per heavy atom. The van der Waals surface area contributed by atoms with Crippen LogP contribution >= 0.6 is 24.2 Å². The van der Waals surface area contributed by atoms with Crippen molar-refractivity contribution in [2.45, 2.75) is 25.5 Å². The minimum atomic E-state index is -0.109. The maximum Gasteiger partial charge on any atom is 0.224 e. The van der Waals surface area contributed by atoms with Gasteiger partial charge in [-0.3, -0.25) is 4.79 Å². The van der Waals surface area contributed by atoms with Crippen molar-refractivity contribution in [3.8, 4) is 11.5 Å². The Balaban J connectivity index is 0.00000208. The summed E-state index contributed by atoms with van der Waals surface area (Å²) in [7, 11) is 0. The minimum absolute atomic E-state index is 0. The van der Waals surface area contributed by atoms with Crippen LogP contribution in [0.15, 0.2) is 24.3 Å².